The molecule has 1 unspecified atom stereocenters. The highest BCUT2D eigenvalue weighted by Crippen LogP contribution is 2.33. The molecule has 1 saturated heterocycles. The quantitative estimate of drug-likeness (QED) is 0.890. The molecule has 3 nitrogen and oxygen atoms in total. The summed E-state index contributed by atoms with van der Waals surface area (Å²) in [6.45, 7) is 5.89. The van der Waals surface area contributed by atoms with Crippen molar-refractivity contribution < 1.29 is 4.79 Å². The number of carbonyl (C=O) groups is 1. The number of hydrogen-bond donors (Lipinski definition) is 2. The third-order valence-electron chi connectivity index (χ3n) is 3.83. The maximum atomic E-state index is 12.6. The molecule has 2 N–H and O–H groups in total. The normalized spacial score (nSPS) is 22.5. The monoisotopic (exact) mass is 324 g/mol. The van der Waals surface area contributed by atoms with E-state index in [1.807, 2.05) is 25.1 Å². The van der Waals surface area contributed by atoms with Crippen molar-refractivity contribution >= 4 is 27.5 Å². The Bertz CT molecular complexity index is 467. The molecule has 0 bridgehead atoms. The van der Waals surface area contributed by atoms with Gasteiger partial charge in [-0.2, -0.15) is 0 Å². The Morgan fingerprint density at radius 3 is 2.89 bits per heavy atom. The molecule has 1 amide bonds. The largest absolute Gasteiger partial charge is 0.325 e. The second-order valence-electron chi connectivity index (χ2n) is 5.39. The third kappa shape index (κ3) is 3.18. The standard InChI is InChI=1S/C15H21BrN2O/c1-3-6-15(7-8-17-10-15)14(19)18-13-5-4-11(2)9-12(13)16/h4-5,9,17H,3,6-8,10H2,1-2H3,(H,18,19). The van der Waals surface area contributed by atoms with Crippen LogP contribution in [0.5, 0.6) is 0 Å². The summed E-state index contributed by atoms with van der Waals surface area (Å²) in [6, 6.07) is 5.99. The minimum Gasteiger partial charge on any atom is -0.325 e. The van der Waals surface area contributed by atoms with Crippen LogP contribution in [-0.2, 0) is 4.79 Å². The number of anilines is 1. The van der Waals surface area contributed by atoms with Gasteiger partial charge >= 0.3 is 0 Å². The van der Waals surface area contributed by atoms with Gasteiger partial charge in [-0.15, -0.1) is 0 Å². The molecular weight excluding hydrogens is 304 g/mol. The Morgan fingerprint density at radius 1 is 1.53 bits per heavy atom. The lowest BCUT2D eigenvalue weighted by atomic mass is 9.81. The van der Waals surface area contributed by atoms with Crippen LogP contribution in [-0.4, -0.2) is 19.0 Å². The van der Waals surface area contributed by atoms with Gasteiger partial charge in [-0.25, -0.2) is 0 Å². The van der Waals surface area contributed by atoms with Gasteiger partial charge in [0.1, 0.15) is 0 Å². The molecule has 4 heteroatoms. The summed E-state index contributed by atoms with van der Waals surface area (Å²) < 4.78 is 0.943. The van der Waals surface area contributed by atoms with E-state index in [1.54, 1.807) is 0 Å². The Balaban J connectivity index is 2.15. The number of rotatable bonds is 4. The minimum absolute atomic E-state index is 0.143. The molecule has 0 aromatic heterocycles. The van der Waals surface area contributed by atoms with Gasteiger partial charge in [0.15, 0.2) is 0 Å². The number of hydrogen-bond acceptors (Lipinski definition) is 2. The lowest BCUT2D eigenvalue weighted by Crippen LogP contribution is -2.38. The fourth-order valence-corrected chi connectivity index (χ4v) is 3.31. The summed E-state index contributed by atoms with van der Waals surface area (Å²) in [5.74, 6) is 0.143. The molecule has 0 aliphatic carbocycles. The molecule has 104 valence electrons. The molecule has 1 fully saturated rings. The van der Waals surface area contributed by atoms with E-state index in [-0.39, 0.29) is 11.3 Å². The lowest BCUT2D eigenvalue weighted by Gasteiger charge is -2.26. The zero-order valence-corrected chi connectivity index (χ0v) is 13.1. The van der Waals surface area contributed by atoms with Crippen molar-refractivity contribution in [3.05, 3.63) is 28.2 Å². The summed E-state index contributed by atoms with van der Waals surface area (Å²) in [4.78, 5) is 12.6. The smallest absolute Gasteiger partial charge is 0.231 e. The van der Waals surface area contributed by atoms with Gasteiger partial charge in [0.25, 0.3) is 0 Å². The highest BCUT2D eigenvalue weighted by atomic mass is 79.9. The molecule has 1 aromatic carbocycles. The Kier molecular flexibility index (Phi) is 4.63. The summed E-state index contributed by atoms with van der Waals surface area (Å²) >= 11 is 3.51. The average Bonchev–Trinajstić information content (AvgIpc) is 2.83. The predicted molar refractivity (Wildman–Crippen MR) is 82.3 cm³/mol. The van der Waals surface area contributed by atoms with E-state index in [0.717, 1.165) is 42.5 Å². The Morgan fingerprint density at radius 2 is 2.32 bits per heavy atom. The average molecular weight is 325 g/mol. The lowest BCUT2D eigenvalue weighted by molar-refractivity contribution is -0.125. The zero-order chi connectivity index (χ0) is 13.9. The first-order chi connectivity index (χ1) is 9.07. The van der Waals surface area contributed by atoms with Crippen LogP contribution in [0, 0.1) is 12.3 Å². The van der Waals surface area contributed by atoms with Crippen LogP contribution in [0.15, 0.2) is 22.7 Å². The third-order valence-corrected chi connectivity index (χ3v) is 4.48. The van der Waals surface area contributed by atoms with Crippen molar-refractivity contribution in [3.8, 4) is 0 Å². The van der Waals surface area contributed by atoms with Crippen molar-refractivity contribution in [1.82, 2.24) is 5.32 Å². The first-order valence-corrected chi connectivity index (χ1v) is 7.65. The highest BCUT2D eigenvalue weighted by molar-refractivity contribution is 9.10. The molecule has 0 radical (unpaired) electrons. The molecule has 19 heavy (non-hydrogen) atoms. The van der Waals surface area contributed by atoms with Crippen LogP contribution in [0.25, 0.3) is 0 Å². The van der Waals surface area contributed by atoms with Gasteiger partial charge in [-0.1, -0.05) is 19.4 Å². The van der Waals surface area contributed by atoms with Crippen LogP contribution in [0.4, 0.5) is 5.69 Å². The molecule has 1 aliphatic rings. The second-order valence-corrected chi connectivity index (χ2v) is 6.25. The van der Waals surface area contributed by atoms with Crippen LogP contribution in [0.3, 0.4) is 0 Å². The van der Waals surface area contributed by atoms with E-state index in [2.05, 4.69) is 33.5 Å². The van der Waals surface area contributed by atoms with E-state index >= 15 is 0 Å². The molecular formula is C15H21BrN2O. The van der Waals surface area contributed by atoms with Gasteiger partial charge in [0, 0.05) is 11.0 Å². The minimum atomic E-state index is -0.237. The number of carbonyl (C=O) groups excluding carboxylic acids is 1. The molecule has 2 rings (SSSR count). The molecule has 1 aromatic rings. The van der Waals surface area contributed by atoms with Crippen LogP contribution in [0.2, 0.25) is 0 Å². The van der Waals surface area contributed by atoms with Crippen molar-refractivity contribution in [2.24, 2.45) is 5.41 Å². The van der Waals surface area contributed by atoms with Crippen molar-refractivity contribution in [1.29, 1.82) is 0 Å². The number of aryl methyl sites for hydroxylation is 1. The van der Waals surface area contributed by atoms with Gasteiger partial charge in [0.2, 0.25) is 5.91 Å². The Hall–Kier alpha value is -0.870. The topological polar surface area (TPSA) is 41.1 Å². The SMILES string of the molecule is CCCC1(C(=O)Nc2ccc(C)cc2Br)CCNC1. The van der Waals surface area contributed by atoms with Gasteiger partial charge < -0.3 is 10.6 Å². The summed E-state index contributed by atoms with van der Waals surface area (Å²) in [7, 11) is 0. The van der Waals surface area contributed by atoms with Crippen molar-refractivity contribution in [2.75, 3.05) is 18.4 Å². The summed E-state index contributed by atoms with van der Waals surface area (Å²) in [5.41, 5.74) is 1.80. The molecule has 0 saturated carbocycles. The van der Waals surface area contributed by atoms with E-state index < -0.39 is 0 Å². The van der Waals surface area contributed by atoms with Gasteiger partial charge in [0.05, 0.1) is 11.1 Å². The number of nitrogens with one attached hydrogen (secondary N) is 2. The Labute approximate surface area is 123 Å². The second kappa shape index (κ2) is 6.06. The van der Waals surface area contributed by atoms with Crippen LogP contribution in [0.1, 0.15) is 31.7 Å². The maximum Gasteiger partial charge on any atom is 0.231 e. The fraction of sp³-hybridized carbons (Fsp3) is 0.533. The molecule has 1 aliphatic heterocycles. The maximum absolute atomic E-state index is 12.6. The summed E-state index contributed by atoms with van der Waals surface area (Å²) in [6.07, 6.45) is 2.90. The molecule has 0 spiro atoms. The van der Waals surface area contributed by atoms with Crippen LogP contribution < -0.4 is 10.6 Å². The van der Waals surface area contributed by atoms with E-state index in [0.29, 0.717) is 0 Å². The number of halogens is 1. The van der Waals surface area contributed by atoms with Crippen LogP contribution >= 0.6 is 15.9 Å². The molecule has 1 atom stereocenters. The van der Waals surface area contributed by atoms with Gasteiger partial charge in [-0.3, -0.25) is 4.79 Å². The number of benzene rings is 1. The van der Waals surface area contributed by atoms with E-state index in [9.17, 15) is 4.79 Å². The zero-order valence-electron chi connectivity index (χ0n) is 11.6. The van der Waals surface area contributed by atoms with Gasteiger partial charge in [-0.05, 0) is 59.9 Å². The van der Waals surface area contributed by atoms with Crippen molar-refractivity contribution in [3.63, 3.8) is 0 Å². The first kappa shape index (κ1) is 14.5. The highest BCUT2D eigenvalue weighted by Gasteiger charge is 2.40. The first-order valence-electron chi connectivity index (χ1n) is 6.86. The van der Waals surface area contributed by atoms with E-state index in [1.165, 1.54) is 5.56 Å². The predicted octanol–water partition coefficient (Wildman–Crippen LogP) is 3.48. The van der Waals surface area contributed by atoms with E-state index in [4.69, 9.17) is 0 Å². The molecule has 1 heterocycles. The fourth-order valence-electron chi connectivity index (χ4n) is 2.72. The number of amides is 1. The summed E-state index contributed by atoms with van der Waals surface area (Å²) in [5, 5.41) is 6.40. The van der Waals surface area contributed by atoms with Crippen molar-refractivity contribution in [2.45, 2.75) is 33.1 Å².